The fourth-order valence-electron chi connectivity index (χ4n) is 2.30. The van der Waals surface area contributed by atoms with Crippen molar-refractivity contribution < 1.29 is 9.59 Å². The van der Waals surface area contributed by atoms with Crippen LogP contribution in [0.1, 0.15) is 10.4 Å². The number of imide groups is 1. The summed E-state index contributed by atoms with van der Waals surface area (Å²) in [5.41, 5.74) is 7.71. The number of carbonyl (C=O) groups is 2. The number of hydrogen-bond acceptors (Lipinski definition) is 7. The molecule has 26 heavy (non-hydrogen) atoms. The first kappa shape index (κ1) is 18.2. The molecule has 0 atom stereocenters. The number of aryl methyl sites for hydroxylation is 2. The van der Waals surface area contributed by atoms with Gasteiger partial charge in [-0.05, 0) is 31.5 Å². The van der Waals surface area contributed by atoms with E-state index in [9.17, 15) is 9.59 Å². The third kappa shape index (κ3) is 4.12. The normalized spacial score (nSPS) is 10.7. The van der Waals surface area contributed by atoms with Crippen LogP contribution in [0.5, 0.6) is 0 Å². The molecule has 0 saturated carbocycles. The lowest BCUT2D eigenvalue weighted by molar-refractivity contribution is -0.117. The second-order valence-electron chi connectivity index (χ2n) is 5.51. The Bertz CT molecular complexity index is 972. The minimum atomic E-state index is -0.581. The maximum Gasteiger partial charge on any atom is 0.325 e. The van der Waals surface area contributed by atoms with E-state index >= 15 is 0 Å². The maximum atomic E-state index is 11.9. The van der Waals surface area contributed by atoms with Crippen LogP contribution in [0.3, 0.4) is 0 Å². The van der Waals surface area contributed by atoms with Gasteiger partial charge >= 0.3 is 6.03 Å². The van der Waals surface area contributed by atoms with Gasteiger partial charge in [0, 0.05) is 10.6 Å². The fraction of sp³-hybridized carbons (Fsp3) is 0.176. The van der Waals surface area contributed by atoms with E-state index in [0.29, 0.717) is 16.7 Å². The van der Waals surface area contributed by atoms with Crippen molar-refractivity contribution in [3.63, 3.8) is 0 Å². The molecule has 7 nitrogen and oxygen atoms in total. The number of nitrogens with one attached hydrogen (secondary N) is 2. The van der Waals surface area contributed by atoms with Crippen LogP contribution in [0.15, 0.2) is 35.5 Å². The number of nitrogen functional groups attached to an aromatic ring is 1. The molecule has 3 amide bonds. The zero-order chi connectivity index (χ0) is 18.7. The van der Waals surface area contributed by atoms with Crippen LogP contribution in [-0.2, 0) is 4.79 Å². The summed E-state index contributed by atoms with van der Waals surface area (Å²) in [5.74, 6) is -0.0259. The summed E-state index contributed by atoms with van der Waals surface area (Å²) in [5, 5.41) is 6.13. The van der Waals surface area contributed by atoms with Crippen molar-refractivity contribution in [1.82, 2.24) is 15.3 Å². The topological polar surface area (TPSA) is 110 Å². The zero-order valence-corrected chi connectivity index (χ0v) is 15.8. The van der Waals surface area contributed by atoms with Gasteiger partial charge in [0.15, 0.2) is 5.16 Å². The van der Waals surface area contributed by atoms with E-state index in [0.717, 1.165) is 32.4 Å². The zero-order valence-electron chi connectivity index (χ0n) is 14.2. The summed E-state index contributed by atoms with van der Waals surface area (Å²) in [6, 6.07) is 8.30. The third-order valence-electron chi connectivity index (χ3n) is 3.65. The first-order valence-corrected chi connectivity index (χ1v) is 9.56. The second kappa shape index (κ2) is 7.71. The highest BCUT2D eigenvalue weighted by atomic mass is 32.2. The van der Waals surface area contributed by atoms with Gasteiger partial charge in [-0.25, -0.2) is 14.8 Å². The molecule has 3 rings (SSSR count). The molecule has 9 heteroatoms. The lowest BCUT2D eigenvalue weighted by Crippen LogP contribution is -2.35. The number of amides is 3. The van der Waals surface area contributed by atoms with Gasteiger partial charge in [0.2, 0.25) is 5.91 Å². The summed E-state index contributed by atoms with van der Waals surface area (Å²) in [6.07, 6.45) is 0. The predicted molar refractivity (Wildman–Crippen MR) is 106 cm³/mol. The molecule has 0 fully saturated rings. The van der Waals surface area contributed by atoms with Crippen LogP contribution in [0.4, 0.5) is 16.3 Å². The van der Waals surface area contributed by atoms with Crippen LogP contribution < -0.4 is 16.4 Å². The number of anilines is 2. The van der Waals surface area contributed by atoms with Crippen molar-refractivity contribution in [3.8, 4) is 0 Å². The van der Waals surface area contributed by atoms with Crippen molar-refractivity contribution >= 4 is 56.8 Å². The average Bonchev–Trinajstić information content (AvgIpc) is 2.88. The van der Waals surface area contributed by atoms with Gasteiger partial charge in [-0.15, -0.1) is 11.3 Å². The van der Waals surface area contributed by atoms with Crippen molar-refractivity contribution in [2.24, 2.45) is 0 Å². The Hall–Kier alpha value is -2.65. The lowest BCUT2D eigenvalue weighted by atomic mass is 10.2. The van der Waals surface area contributed by atoms with Crippen molar-refractivity contribution in [2.45, 2.75) is 19.0 Å². The summed E-state index contributed by atoms with van der Waals surface area (Å²) in [6.45, 7) is 3.99. The monoisotopic (exact) mass is 387 g/mol. The minimum Gasteiger partial charge on any atom is -0.383 e. The Morgan fingerprint density at radius 2 is 1.92 bits per heavy atom. The van der Waals surface area contributed by atoms with E-state index < -0.39 is 11.9 Å². The molecule has 0 unspecified atom stereocenters. The number of thioether (sulfide) groups is 1. The molecular weight excluding hydrogens is 370 g/mol. The molecule has 0 spiro atoms. The number of rotatable bonds is 4. The Morgan fingerprint density at radius 3 is 2.65 bits per heavy atom. The van der Waals surface area contributed by atoms with Crippen molar-refractivity contribution in [2.75, 3.05) is 16.8 Å². The van der Waals surface area contributed by atoms with Gasteiger partial charge < -0.3 is 11.1 Å². The van der Waals surface area contributed by atoms with E-state index in [1.54, 1.807) is 35.6 Å². The summed E-state index contributed by atoms with van der Waals surface area (Å²) >= 11 is 2.68. The average molecular weight is 387 g/mol. The largest absolute Gasteiger partial charge is 0.383 e. The molecule has 1 aromatic carbocycles. The SMILES string of the molecule is Cc1sc2nc(SCC(=O)NC(=O)Nc3ccccc3)nc(N)c2c1C. The van der Waals surface area contributed by atoms with E-state index in [2.05, 4.69) is 20.6 Å². The fourth-order valence-corrected chi connectivity index (χ4v) is 4.05. The predicted octanol–water partition coefficient (Wildman–Crippen LogP) is 3.33. The molecule has 4 N–H and O–H groups in total. The van der Waals surface area contributed by atoms with Crippen molar-refractivity contribution in [3.05, 3.63) is 40.8 Å². The number of nitrogens with zero attached hydrogens (tertiary/aromatic N) is 2. The Labute approximate surface area is 158 Å². The summed E-state index contributed by atoms with van der Waals surface area (Å²) in [7, 11) is 0. The van der Waals surface area contributed by atoms with Crippen LogP contribution in [0, 0.1) is 13.8 Å². The maximum absolute atomic E-state index is 11.9. The highest BCUT2D eigenvalue weighted by Gasteiger charge is 2.14. The summed E-state index contributed by atoms with van der Waals surface area (Å²) in [4.78, 5) is 34.4. The molecule has 2 heterocycles. The number of nitrogens with two attached hydrogens (primary N) is 1. The second-order valence-corrected chi connectivity index (χ2v) is 7.66. The van der Waals surface area contributed by atoms with Gasteiger partial charge in [0.05, 0.1) is 11.1 Å². The number of thiophene rings is 1. The first-order valence-electron chi connectivity index (χ1n) is 7.76. The Balaban J connectivity index is 1.59. The number of urea groups is 1. The number of para-hydroxylation sites is 1. The molecule has 2 aromatic heterocycles. The molecule has 134 valence electrons. The van der Waals surface area contributed by atoms with Crippen LogP contribution in [0.2, 0.25) is 0 Å². The van der Waals surface area contributed by atoms with Crippen LogP contribution >= 0.6 is 23.1 Å². The standard InChI is InChI=1S/C17H17N5O2S2/c1-9-10(2)26-15-13(9)14(18)21-17(22-15)25-8-12(23)20-16(24)19-11-6-4-3-5-7-11/h3-7H,8H2,1-2H3,(H2,18,21,22)(H2,19,20,23,24). The lowest BCUT2D eigenvalue weighted by Gasteiger charge is -2.06. The van der Waals surface area contributed by atoms with Gasteiger partial charge in [0.1, 0.15) is 10.6 Å². The smallest absolute Gasteiger partial charge is 0.325 e. The van der Waals surface area contributed by atoms with Gasteiger partial charge in [-0.1, -0.05) is 30.0 Å². The van der Waals surface area contributed by atoms with Gasteiger partial charge in [-0.3, -0.25) is 10.1 Å². The number of hydrogen-bond donors (Lipinski definition) is 3. The number of benzene rings is 1. The van der Waals surface area contributed by atoms with Gasteiger partial charge in [0.25, 0.3) is 0 Å². The molecule has 0 aliphatic heterocycles. The number of carbonyl (C=O) groups excluding carboxylic acids is 2. The van der Waals surface area contributed by atoms with Crippen molar-refractivity contribution in [1.29, 1.82) is 0 Å². The van der Waals surface area contributed by atoms with E-state index in [1.165, 1.54) is 0 Å². The molecule has 0 aliphatic carbocycles. The Morgan fingerprint density at radius 1 is 1.19 bits per heavy atom. The highest BCUT2D eigenvalue weighted by Crippen LogP contribution is 2.33. The number of fused-ring (bicyclic) bond motifs is 1. The quantitative estimate of drug-likeness (QED) is 0.468. The van der Waals surface area contributed by atoms with Crippen LogP contribution in [0.25, 0.3) is 10.2 Å². The third-order valence-corrected chi connectivity index (χ3v) is 5.60. The Kier molecular flexibility index (Phi) is 5.38. The molecule has 0 saturated heterocycles. The number of aromatic nitrogens is 2. The summed E-state index contributed by atoms with van der Waals surface area (Å²) < 4.78 is 0. The van der Waals surface area contributed by atoms with E-state index in [1.807, 2.05) is 19.9 Å². The minimum absolute atomic E-state index is 0.0104. The van der Waals surface area contributed by atoms with Crippen LogP contribution in [-0.4, -0.2) is 27.7 Å². The molecule has 0 bridgehead atoms. The van der Waals surface area contributed by atoms with Gasteiger partial charge in [-0.2, -0.15) is 0 Å². The molecule has 0 aliphatic rings. The highest BCUT2D eigenvalue weighted by molar-refractivity contribution is 7.99. The molecule has 3 aromatic rings. The first-order chi connectivity index (χ1) is 12.4. The van der Waals surface area contributed by atoms with E-state index in [4.69, 9.17) is 5.73 Å². The molecule has 0 radical (unpaired) electrons. The molecular formula is C17H17N5O2S2. The van der Waals surface area contributed by atoms with E-state index in [-0.39, 0.29) is 5.75 Å².